The second-order valence-electron chi connectivity index (χ2n) is 6.60. The standard InChI is InChI=1S/C18H16N4O7S3/c1-30-6-5-20-15-4-3-14(32(2,28)29)10-16(15)31-18(20)19-17(23)11-7-12(21(24)25)9-13(8-11)22(26)27/h3-4,7-10H,5-6H2,1-2H3. The Morgan fingerprint density at radius 1 is 1.12 bits per heavy atom. The number of hydrogen-bond acceptors (Lipinski definition) is 9. The van der Waals surface area contributed by atoms with E-state index in [1.165, 1.54) is 12.1 Å². The minimum absolute atomic E-state index is 0.121. The van der Waals surface area contributed by atoms with Gasteiger partial charge in [0.25, 0.3) is 17.3 Å². The zero-order valence-electron chi connectivity index (χ0n) is 16.7. The molecule has 0 aliphatic heterocycles. The van der Waals surface area contributed by atoms with Gasteiger partial charge in [-0.2, -0.15) is 16.8 Å². The summed E-state index contributed by atoms with van der Waals surface area (Å²) in [5, 5.41) is 22.2. The number of hydrogen-bond donors (Lipinski definition) is 0. The molecular weight excluding hydrogens is 480 g/mol. The lowest BCUT2D eigenvalue weighted by atomic mass is 10.1. The number of thioether (sulfide) groups is 1. The zero-order chi connectivity index (χ0) is 23.6. The molecule has 3 rings (SSSR count). The fourth-order valence-corrected chi connectivity index (χ4v) is 5.03. The number of rotatable bonds is 7. The highest BCUT2D eigenvalue weighted by atomic mass is 32.2. The Kier molecular flexibility index (Phi) is 6.76. The number of benzene rings is 2. The number of carbonyl (C=O) groups is 1. The largest absolute Gasteiger partial charge is 0.316 e. The van der Waals surface area contributed by atoms with E-state index in [1.807, 2.05) is 6.26 Å². The quantitative estimate of drug-likeness (QED) is 0.357. The SMILES string of the molecule is CSCCn1c(=NC(=O)c2cc([N+](=O)[O-])cc([N+](=O)[O-])c2)sc2cc(S(C)(=O)=O)ccc21. The predicted octanol–water partition coefficient (Wildman–Crippen LogP) is 3.03. The number of nitro benzene ring substituents is 2. The molecule has 0 aliphatic carbocycles. The highest BCUT2D eigenvalue weighted by Gasteiger charge is 2.20. The zero-order valence-corrected chi connectivity index (χ0v) is 19.2. The van der Waals surface area contributed by atoms with Crippen molar-refractivity contribution in [2.75, 3.05) is 18.3 Å². The van der Waals surface area contributed by atoms with Crippen LogP contribution in [-0.2, 0) is 16.4 Å². The van der Waals surface area contributed by atoms with Crippen molar-refractivity contribution in [2.24, 2.45) is 4.99 Å². The summed E-state index contributed by atoms with van der Waals surface area (Å²) in [6.07, 6.45) is 2.99. The number of amides is 1. The van der Waals surface area contributed by atoms with Crippen molar-refractivity contribution >= 4 is 60.4 Å². The molecule has 1 heterocycles. The van der Waals surface area contributed by atoms with Crippen LogP contribution in [0.4, 0.5) is 11.4 Å². The molecular formula is C18H16N4O7S3. The molecule has 11 nitrogen and oxygen atoms in total. The third-order valence-electron chi connectivity index (χ3n) is 4.37. The molecule has 14 heteroatoms. The molecule has 0 spiro atoms. The Balaban J connectivity index is 2.19. The average Bonchev–Trinajstić information content (AvgIpc) is 3.07. The Morgan fingerprint density at radius 2 is 1.75 bits per heavy atom. The minimum Gasteiger partial charge on any atom is -0.316 e. The van der Waals surface area contributed by atoms with Crippen LogP contribution < -0.4 is 4.80 Å². The lowest BCUT2D eigenvalue weighted by Crippen LogP contribution is -2.18. The Labute approximate surface area is 189 Å². The normalized spacial score (nSPS) is 12.2. The van der Waals surface area contributed by atoms with Gasteiger partial charge < -0.3 is 4.57 Å². The maximum Gasteiger partial charge on any atom is 0.280 e. The van der Waals surface area contributed by atoms with Gasteiger partial charge in [-0.25, -0.2) is 8.42 Å². The van der Waals surface area contributed by atoms with Crippen molar-refractivity contribution < 1.29 is 23.1 Å². The van der Waals surface area contributed by atoms with E-state index in [1.54, 1.807) is 22.4 Å². The van der Waals surface area contributed by atoms with E-state index in [4.69, 9.17) is 0 Å². The van der Waals surface area contributed by atoms with Gasteiger partial charge in [0, 0.05) is 30.7 Å². The first-order valence-electron chi connectivity index (χ1n) is 8.86. The van der Waals surface area contributed by atoms with Crippen LogP contribution in [0.5, 0.6) is 0 Å². The second kappa shape index (κ2) is 9.18. The number of non-ortho nitro benzene ring substituents is 2. The molecule has 0 saturated carbocycles. The summed E-state index contributed by atoms with van der Waals surface area (Å²) in [4.78, 5) is 37.7. The summed E-state index contributed by atoms with van der Waals surface area (Å²) >= 11 is 2.64. The summed E-state index contributed by atoms with van der Waals surface area (Å²) in [6.45, 7) is 0.473. The molecule has 0 atom stereocenters. The Morgan fingerprint density at radius 3 is 2.28 bits per heavy atom. The second-order valence-corrected chi connectivity index (χ2v) is 10.6. The molecule has 32 heavy (non-hydrogen) atoms. The summed E-state index contributed by atoms with van der Waals surface area (Å²) in [7, 11) is -3.44. The molecule has 0 saturated heterocycles. The maximum atomic E-state index is 12.8. The number of aryl methyl sites for hydroxylation is 1. The molecule has 3 aromatic rings. The number of nitrogens with zero attached hydrogens (tertiary/aromatic N) is 4. The van der Waals surface area contributed by atoms with Gasteiger partial charge in [0.2, 0.25) is 0 Å². The van der Waals surface area contributed by atoms with Crippen molar-refractivity contribution in [3.05, 3.63) is 67.0 Å². The third kappa shape index (κ3) is 5.03. The predicted molar refractivity (Wildman–Crippen MR) is 121 cm³/mol. The third-order valence-corrected chi connectivity index (χ3v) is 7.11. The van der Waals surface area contributed by atoms with Crippen molar-refractivity contribution in [3.63, 3.8) is 0 Å². The topological polar surface area (TPSA) is 155 Å². The van der Waals surface area contributed by atoms with Crippen LogP contribution >= 0.6 is 23.1 Å². The number of fused-ring (bicyclic) bond motifs is 1. The van der Waals surface area contributed by atoms with Crippen LogP contribution in [0, 0.1) is 20.2 Å². The van der Waals surface area contributed by atoms with Crippen LogP contribution in [0.3, 0.4) is 0 Å². The van der Waals surface area contributed by atoms with E-state index in [0.717, 1.165) is 35.8 Å². The lowest BCUT2D eigenvalue weighted by molar-refractivity contribution is -0.394. The number of aromatic nitrogens is 1. The lowest BCUT2D eigenvalue weighted by Gasteiger charge is -2.04. The van der Waals surface area contributed by atoms with E-state index >= 15 is 0 Å². The van der Waals surface area contributed by atoms with Gasteiger partial charge in [-0.3, -0.25) is 25.0 Å². The van der Waals surface area contributed by atoms with Gasteiger partial charge in [-0.05, 0) is 24.5 Å². The van der Waals surface area contributed by atoms with E-state index in [9.17, 15) is 33.4 Å². The van der Waals surface area contributed by atoms with Crippen molar-refractivity contribution in [2.45, 2.75) is 11.4 Å². The van der Waals surface area contributed by atoms with Gasteiger partial charge in [0.05, 0.1) is 36.6 Å². The van der Waals surface area contributed by atoms with Crippen LogP contribution in [0.25, 0.3) is 10.2 Å². The summed E-state index contributed by atoms with van der Waals surface area (Å²) in [5.74, 6) is -0.201. The van der Waals surface area contributed by atoms with Crippen molar-refractivity contribution in [1.82, 2.24) is 4.57 Å². The van der Waals surface area contributed by atoms with Gasteiger partial charge in [0.1, 0.15) is 0 Å². The molecule has 0 aliphatic rings. The highest BCUT2D eigenvalue weighted by molar-refractivity contribution is 7.98. The minimum atomic E-state index is -3.44. The van der Waals surface area contributed by atoms with Gasteiger partial charge in [-0.1, -0.05) is 11.3 Å². The van der Waals surface area contributed by atoms with Crippen LogP contribution in [-0.4, -0.2) is 47.0 Å². The monoisotopic (exact) mass is 496 g/mol. The van der Waals surface area contributed by atoms with Crippen LogP contribution in [0.1, 0.15) is 10.4 Å². The Hall–Kier alpha value is -3.10. The molecule has 0 unspecified atom stereocenters. The molecule has 1 aromatic heterocycles. The number of carbonyl (C=O) groups excluding carboxylic acids is 1. The number of sulfone groups is 1. The van der Waals surface area contributed by atoms with E-state index in [2.05, 4.69) is 4.99 Å². The fraction of sp³-hybridized carbons (Fsp3) is 0.222. The number of nitro groups is 2. The van der Waals surface area contributed by atoms with E-state index in [0.29, 0.717) is 22.5 Å². The molecule has 2 aromatic carbocycles. The summed E-state index contributed by atoms with van der Waals surface area (Å²) in [5.41, 5.74) is -0.811. The number of thiazole rings is 1. The average molecular weight is 497 g/mol. The molecule has 0 radical (unpaired) electrons. The fourth-order valence-electron chi connectivity index (χ4n) is 2.85. The van der Waals surface area contributed by atoms with Gasteiger partial charge in [-0.15, -0.1) is 0 Å². The van der Waals surface area contributed by atoms with Crippen LogP contribution in [0.15, 0.2) is 46.3 Å². The first-order chi connectivity index (χ1) is 15.0. The van der Waals surface area contributed by atoms with Crippen molar-refractivity contribution in [3.8, 4) is 0 Å². The summed E-state index contributed by atoms with van der Waals surface area (Å²) in [6, 6.07) is 7.22. The van der Waals surface area contributed by atoms with Crippen molar-refractivity contribution in [1.29, 1.82) is 0 Å². The van der Waals surface area contributed by atoms with Gasteiger partial charge >= 0.3 is 0 Å². The first kappa shape index (κ1) is 23.6. The molecule has 0 N–H and O–H groups in total. The molecule has 168 valence electrons. The molecule has 1 amide bonds. The Bertz CT molecular complexity index is 1390. The summed E-state index contributed by atoms with van der Waals surface area (Å²) < 4.78 is 26.1. The van der Waals surface area contributed by atoms with E-state index < -0.39 is 37.0 Å². The van der Waals surface area contributed by atoms with Gasteiger partial charge in [0.15, 0.2) is 14.6 Å². The van der Waals surface area contributed by atoms with E-state index in [-0.39, 0.29) is 15.3 Å². The molecule has 0 bridgehead atoms. The first-order valence-corrected chi connectivity index (χ1v) is 13.0. The smallest absolute Gasteiger partial charge is 0.280 e. The highest BCUT2D eigenvalue weighted by Crippen LogP contribution is 2.24. The van der Waals surface area contributed by atoms with Crippen LogP contribution in [0.2, 0.25) is 0 Å². The maximum absolute atomic E-state index is 12.8. The molecule has 0 fully saturated rings.